The van der Waals surface area contributed by atoms with E-state index >= 15 is 0 Å². The number of nitrogens with zero attached hydrogens (tertiary/aromatic N) is 2. The van der Waals surface area contributed by atoms with E-state index in [-0.39, 0.29) is 5.54 Å². The Hall–Kier alpha value is -5.08. The molecule has 0 aliphatic carbocycles. The molecule has 2 nitrogen and oxygen atoms in total. The highest BCUT2D eigenvalue weighted by atomic mass is 15.2. The third-order valence-corrected chi connectivity index (χ3v) is 9.29. The summed E-state index contributed by atoms with van der Waals surface area (Å²) in [5.41, 5.74) is 13.9. The van der Waals surface area contributed by atoms with Gasteiger partial charge in [0.2, 0.25) is 29.0 Å². The Morgan fingerprint density at radius 1 is 0.537 bits per heavy atom. The summed E-state index contributed by atoms with van der Waals surface area (Å²) in [5.74, 6) is 0. The zero-order chi connectivity index (χ0) is 27.1. The molecule has 4 heterocycles. The van der Waals surface area contributed by atoms with Crippen LogP contribution in [0.1, 0.15) is 16.7 Å². The van der Waals surface area contributed by atoms with Gasteiger partial charge in [-0.05, 0) is 48.9 Å². The van der Waals surface area contributed by atoms with Gasteiger partial charge >= 0.3 is 0 Å². The minimum atomic E-state index is -0.386. The number of hydrogen-bond acceptors (Lipinski definition) is 0. The zero-order valence-electron chi connectivity index (χ0n) is 22.9. The van der Waals surface area contributed by atoms with Gasteiger partial charge in [0, 0.05) is 46.3 Å². The third-order valence-electron chi connectivity index (χ3n) is 9.29. The molecule has 7 aromatic rings. The van der Waals surface area contributed by atoms with Crippen molar-refractivity contribution in [1.29, 1.82) is 0 Å². The Balaban J connectivity index is 1.46. The minimum absolute atomic E-state index is 0.386. The highest BCUT2D eigenvalue weighted by molar-refractivity contribution is 5.95. The fourth-order valence-electron chi connectivity index (χ4n) is 7.58. The van der Waals surface area contributed by atoms with Crippen LogP contribution in [0.3, 0.4) is 0 Å². The van der Waals surface area contributed by atoms with E-state index in [1.807, 2.05) is 0 Å². The Morgan fingerprint density at radius 2 is 1.27 bits per heavy atom. The van der Waals surface area contributed by atoms with E-state index in [2.05, 4.69) is 156 Å². The van der Waals surface area contributed by atoms with Crippen LogP contribution >= 0.6 is 0 Å². The van der Waals surface area contributed by atoms with Crippen molar-refractivity contribution in [3.8, 4) is 33.6 Å². The van der Waals surface area contributed by atoms with Crippen LogP contribution in [-0.4, -0.2) is 0 Å². The zero-order valence-corrected chi connectivity index (χ0v) is 22.9. The SMILES string of the molecule is Cc1ccc2c(c1)C1(C[n+]3c-2cc(-c2ccccc2)c2ccccc23)c2ccccc2-c2ccc3ccccc3[n+]21. The Labute approximate surface area is 239 Å². The molecule has 41 heavy (non-hydrogen) atoms. The molecule has 0 radical (unpaired) electrons. The van der Waals surface area contributed by atoms with Crippen molar-refractivity contribution in [3.63, 3.8) is 0 Å². The lowest BCUT2D eigenvalue weighted by atomic mass is 9.76. The first-order valence-corrected chi connectivity index (χ1v) is 14.4. The van der Waals surface area contributed by atoms with Crippen molar-refractivity contribution in [1.82, 2.24) is 0 Å². The standard InChI is InChI=1S/C39H28N2/c1-26-19-21-31-34(23-26)39(33-16-8-6-15-30(33)37-22-20-28-13-5-9-17-35(28)41(37)39)25-40-36-18-10-7-14-29(36)32(24-38(31)40)27-11-3-2-4-12-27/h2-24H,25H2,1H3/q+2. The van der Waals surface area contributed by atoms with Gasteiger partial charge in [-0.1, -0.05) is 84.4 Å². The molecule has 1 unspecified atom stereocenters. The topological polar surface area (TPSA) is 7.76 Å². The van der Waals surface area contributed by atoms with E-state index in [0.29, 0.717) is 0 Å². The van der Waals surface area contributed by atoms with Gasteiger partial charge in [-0.15, -0.1) is 0 Å². The highest BCUT2D eigenvalue weighted by Crippen LogP contribution is 2.49. The van der Waals surface area contributed by atoms with Crippen molar-refractivity contribution in [2.75, 3.05) is 0 Å². The number of rotatable bonds is 1. The molecule has 0 fully saturated rings. The molecule has 0 N–H and O–H groups in total. The van der Waals surface area contributed by atoms with Gasteiger partial charge < -0.3 is 0 Å². The molecule has 2 aromatic heterocycles. The fraction of sp³-hybridized carbons (Fsp3) is 0.0769. The first kappa shape index (κ1) is 22.7. The van der Waals surface area contributed by atoms with Crippen molar-refractivity contribution < 1.29 is 9.13 Å². The lowest BCUT2D eigenvalue weighted by Crippen LogP contribution is -2.65. The number of aromatic nitrogens is 2. The number of fused-ring (bicyclic) bond motifs is 13. The summed E-state index contributed by atoms with van der Waals surface area (Å²) in [7, 11) is 0. The molecule has 2 heteroatoms. The van der Waals surface area contributed by atoms with Crippen LogP contribution in [0.4, 0.5) is 0 Å². The summed E-state index contributed by atoms with van der Waals surface area (Å²) in [6.07, 6.45) is 0. The quantitative estimate of drug-likeness (QED) is 0.192. The number of pyridine rings is 2. The van der Waals surface area contributed by atoms with Gasteiger partial charge in [0.1, 0.15) is 0 Å². The average molecular weight is 525 g/mol. The molecular formula is C39H28N2+2. The Morgan fingerprint density at radius 3 is 2.17 bits per heavy atom. The molecule has 0 saturated heterocycles. The maximum absolute atomic E-state index is 2.64. The largest absolute Gasteiger partial charge is 0.279 e. The van der Waals surface area contributed by atoms with Gasteiger partial charge in [0.05, 0.1) is 16.5 Å². The van der Waals surface area contributed by atoms with E-state index in [0.717, 1.165) is 6.54 Å². The maximum atomic E-state index is 2.64. The first-order chi connectivity index (χ1) is 20.2. The van der Waals surface area contributed by atoms with Gasteiger partial charge in [-0.2, -0.15) is 9.13 Å². The second kappa shape index (κ2) is 8.22. The van der Waals surface area contributed by atoms with Crippen LogP contribution in [0, 0.1) is 6.92 Å². The van der Waals surface area contributed by atoms with E-state index in [1.54, 1.807) is 0 Å². The monoisotopic (exact) mass is 524 g/mol. The molecule has 5 aromatic carbocycles. The van der Waals surface area contributed by atoms with Crippen LogP contribution in [0.25, 0.3) is 55.4 Å². The predicted octanol–water partition coefficient (Wildman–Crippen LogP) is 8.00. The van der Waals surface area contributed by atoms with E-state index < -0.39 is 0 Å². The second-order valence-electron chi connectivity index (χ2n) is 11.5. The third kappa shape index (κ3) is 2.97. The summed E-state index contributed by atoms with van der Waals surface area (Å²) < 4.78 is 5.22. The normalized spacial score (nSPS) is 16.4. The van der Waals surface area contributed by atoms with Gasteiger partial charge in [-0.25, -0.2) is 0 Å². The number of para-hydroxylation sites is 2. The van der Waals surface area contributed by atoms with Gasteiger partial charge in [-0.3, -0.25) is 0 Å². The second-order valence-corrected chi connectivity index (χ2v) is 11.5. The molecule has 9 rings (SSSR count). The van der Waals surface area contributed by atoms with Gasteiger partial charge in [0.25, 0.3) is 5.54 Å². The van der Waals surface area contributed by atoms with Crippen LogP contribution in [0.5, 0.6) is 0 Å². The Kier molecular flexibility index (Phi) is 4.55. The molecule has 192 valence electrons. The van der Waals surface area contributed by atoms with Crippen LogP contribution in [0.2, 0.25) is 0 Å². The molecule has 0 bridgehead atoms. The van der Waals surface area contributed by atoms with E-state index in [1.165, 1.54) is 72.1 Å². The summed E-state index contributed by atoms with van der Waals surface area (Å²) in [4.78, 5) is 0. The fourth-order valence-corrected chi connectivity index (χ4v) is 7.58. The van der Waals surface area contributed by atoms with Crippen LogP contribution in [0.15, 0.2) is 140 Å². The molecule has 1 atom stereocenters. The molecular weight excluding hydrogens is 496 g/mol. The summed E-state index contributed by atoms with van der Waals surface area (Å²) in [6.45, 7) is 3.04. The molecule has 0 saturated carbocycles. The van der Waals surface area contributed by atoms with E-state index in [4.69, 9.17) is 0 Å². The summed E-state index contributed by atoms with van der Waals surface area (Å²) in [6, 6.07) is 51.7. The van der Waals surface area contributed by atoms with Crippen molar-refractivity contribution >= 4 is 21.8 Å². The molecule has 0 amide bonds. The van der Waals surface area contributed by atoms with Crippen molar-refractivity contribution in [2.45, 2.75) is 19.0 Å². The van der Waals surface area contributed by atoms with Crippen LogP contribution in [-0.2, 0) is 12.1 Å². The molecule has 1 spiro atoms. The highest BCUT2D eigenvalue weighted by Gasteiger charge is 2.60. The number of benzene rings is 5. The lowest BCUT2D eigenvalue weighted by Gasteiger charge is -2.31. The first-order valence-electron chi connectivity index (χ1n) is 14.4. The average Bonchev–Trinajstić information content (AvgIpc) is 3.32. The Bertz CT molecular complexity index is 2190. The van der Waals surface area contributed by atoms with Crippen LogP contribution < -0.4 is 9.13 Å². The molecule has 2 aliphatic heterocycles. The van der Waals surface area contributed by atoms with Crippen molar-refractivity contribution in [3.05, 3.63) is 156 Å². The smallest absolute Gasteiger partial charge is 0.183 e. The lowest BCUT2D eigenvalue weighted by molar-refractivity contribution is -0.782. The number of aryl methyl sites for hydroxylation is 1. The molecule has 2 aliphatic rings. The maximum Gasteiger partial charge on any atom is 0.279 e. The van der Waals surface area contributed by atoms with Crippen molar-refractivity contribution in [2.24, 2.45) is 0 Å². The summed E-state index contributed by atoms with van der Waals surface area (Å²) in [5, 5.41) is 2.54. The van der Waals surface area contributed by atoms with E-state index in [9.17, 15) is 0 Å². The number of hydrogen-bond donors (Lipinski definition) is 0. The predicted molar refractivity (Wildman–Crippen MR) is 166 cm³/mol. The summed E-state index contributed by atoms with van der Waals surface area (Å²) >= 11 is 0. The van der Waals surface area contributed by atoms with Gasteiger partial charge in [0.15, 0.2) is 0 Å². The minimum Gasteiger partial charge on any atom is -0.183 e.